The van der Waals surface area contributed by atoms with E-state index in [2.05, 4.69) is 35.2 Å². The Labute approximate surface area is 103 Å². The Morgan fingerprint density at radius 3 is 2.53 bits per heavy atom. The van der Waals surface area contributed by atoms with E-state index in [1.807, 2.05) is 0 Å². The second-order valence-electron chi connectivity index (χ2n) is 5.66. The summed E-state index contributed by atoms with van der Waals surface area (Å²) in [6.07, 6.45) is 5.30. The predicted octanol–water partition coefficient (Wildman–Crippen LogP) is 2.57. The molecule has 2 saturated heterocycles. The normalized spacial score (nSPS) is 33.6. The molecular formula is C15H21NO. The van der Waals surface area contributed by atoms with Crippen molar-refractivity contribution in [2.24, 2.45) is 0 Å². The summed E-state index contributed by atoms with van der Waals surface area (Å²) in [6.45, 7) is 2.09. The van der Waals surface area contributed by atoms with Crippen molar-refractivity contribution in [3.05, 3.63) is 35.9 Å². The van der Waals surface area contributed by atoms with Crippen LogP contribution in [-0.4, -0.2) is 28.2 Å². The Kier molecular flexibility index (Phi) is 2.93. The molecule has 0 radical (unpaired) electrons. The van der Waals surface area contributed by atoms with Crippen LogP contribution in [0.1, 0.15) is 37.7 Å². The van der Waals surface area contributed by atoms with Crippen LogP contribution in [0.2, 0.25) is 0 Å². The number of fused-ring (bicyclic) bond motifs is 4. The molecule has 2 heteroatoms. The molecule has 2 nitrogen and oxygen atoms in total. The van der Waals surface area contributed by atoms with E-state index in [4.69, 9.17) is 0 Å². The molecular weight excluding hydrogens is 210 g/mol. The van der Waals surface area contributed by atoms with Crippen LogP contribution in [-0.2, 0) is 6.54 Å². The van der Waals surface area contributed by atoms with Gasteiger partial charge in [-0.3, -0.25) is 4.90 Å². The second-order valence-corrected chi connectivity index (χ2v) is 5.66. The molecule has 1 N–H and O–H groups in total. The summed E-state index contributed by atoms with van der Waals surface area (Å²) in [7, 11) is 0. The fraction of sp³-hybridized carbons (Fsp3) is 0.600. The third kappa shape index (κ3) is 2.38. The SMILES string of the molecule is OC12CCC(CC1)N(Cc1ccccc1)CC2. The molecule has 0 aromatic heterocycles. The van der Waals surface area contributed by atoms with Gasteiger partial charge in [0.25, 0.3) is 0 Å². The minimum Gasteiger partial charge on any atom is -0.390 e. The minimum absolute atomic E-state index is 0.345. The van der Waals surface area contributed by atoms with Crippen molar-refractivity contribution in [3.63, 3.8) is 0 Å². The summed E-state index contributed by atoms with van der Waals surface area (Å²) in [5.74, 6) is 0. The van der Waals surface area contributed by atoms with Crippen molar-refractivity contribution in [3.8, 4) is 0 Å². The molecule has 0 atom stereocenters. The summed E-state index contributed by atoms with van der Waals surface area (Å²) in [5, 5.41) is 10.4. The fourth-order valence-corrected chi connectivity index (χ4v) is 3.32. The van der Waals surface area contributed by atoms with Crippen LogP contribution in [0, 0.1) is 0 Å². The molecule has 3 fully saturated rings. The van der Waals surface area contributed by atoms with Crippen molar-refractivity contribution in [1.29, 1.82) is 0 Å². The summed E-state index contributed by atoms with van der Waals surface area (Å²) in [4.78, 5) is 2.57. The Morgan fingerprint density at radius 2 is 1.82 bits per heavy atom. The predicted molar refractivity (Wildman–Crippen MR) is 68.7 cm³/mol. The van der Waals surface area contributed by atoms with Crippen molar-refractivity contribution in [2.45, 2.75) is 50.3 Å². The molecule has 0 amide bonds. The number of hydrogen-bond donors (Lipinski definition) is 1. The minimum atomic E-state index is -0.345. The quantitative estimate of drug-likeness (QED) is 0.845. The summed E-state index contributed by atoms with van der Waals surface area (Å²) >= 11 is 0. The van der Waals surface area contributed by atoms with E-state index in [0.29, 0.717) is 6.04 Å². The smallest absolute Gasteiger partial charge is 0.0661 e. The first-order chi connectivity index (χ1) is 8.25. The molecule has 2 aliphatic heterocycles. The number of hydrogen-bond acceptors (Lipinski definition) is 2. The van der Waals surface area contributed by atoms with Gasteiger partial charge in [0.1, 0.15) is 0 Å². The average molecular weight is 231 g/mol. The molecule has 3 aliphatic rings. The van der Waals surface area contributed by atoms with Crippen LogP contribution in [0.4, 0.5) is 0 Å². The third-order valence-electron chi connectivity index (χ3n) is 4.50. The molecule has 1 aliphatic carbocycles. The molecule has 0 unspecified atom stereocenters. The van der Waals surface area contributed by atoms with Crippen LogP contribution >= 0.6 is 0 Å². The van der Waals surface area contributed by atoms with Gasteiger partial charge in [0, 0.05) is 19.1 Å². The molecule has 2 bridgehead atoms. The van der Waals surface area contributed by atoms with Gasteiger partial charge in [0.05, 0.1) is 5.60 Å². The Bertz CT molecular complexity index is 368. The molecule has 92 valence electrons. The third-order valence-corrected chi connectivity index (χ3v) is 4.50. The first kappa shape index (κ1) is 11.2. The van der Waals surface area contributed by atoms with Gasteiger partial charge >= 0.3 is 0 Å². The highest BCUT2D eigenvalue weighted by molar-refractivity contribution is 5.15. The van der Waals surface area contributed by atoms with Crippen molar-refractivity contribution >= 4 is 0 Å². The van der Waals surface area contributed by atoms with Gasteiger partial charge in [-0.2, -0.15) is 0 Å². The number of rotatable bonds is 2. The van der Waals surface area contributed by atoms with E-state index < -0.39 is 0 Å². The molecule has 17 heavy (non-hydrogen) atoms. The molecule has 4 rings (SSSR count). The Morgan fingerprint density at radius 1 is 1.12 bits per heavy atom. The monoisotopic (exact) mass is 231 g/mol. The van der Waals surface area contributed by atoms with Crippen molar-refractivity contribution in [2.75, 3.05) is 6.54 Å². The van der Waals surface area contributed by atoms with Gasteiger partial charge in [0.2, 0.25) is 0 Å². The van der Waals surface area contributed by atoms with Crippen LogP contribution < -0.4 is 0 Å². The van der Waals surface area contributed by atoms with Gasteiger partial charge in [-0.1, -0.05) is 30.3 Å². The Hall–Kier alpha value is -0.860. The standard InChI is InChI=1S/C15H21NO/c17-15-8-6-14(7-9-15)16(11-10-15)12-13-4-2-1-3-5-13/h1-5,14,17H,6-12H2. The summed E-state index contributed by atoms with van der Waals surface area (Å²) in [6, 6.07) is 11.4. The first-order valence-corrected chi connectivity index (χ1v) is 6.76. The van der Waals surface area contributed by atoms with Crippen molar-refractivity contribution in [1.82, 2.24) is 4.90 Å². The fourth-order valence-electron chi connectivity index (χ4n) is 3.32. The lowest BCUT2D eigenvalue weighted by atomic mass is 9.82. The molecule has 1 aromatic rings. The van der Waals surface area contributed by atoms with Gasteiger partial charge in [-0.15, -0.1) is 0 Å². The molecule has 1 saturated carbocycles. The van der Waals surface area contributed by atoms with Crippen LogP contribution in [0.3, 0.4) is 0 Å². The van der Waals surface area contributed by atoms with E-state index in [9.17, 15) is 5.11 Å². The maximum Gasteiger partial charge on any atom is 0.0661 e. The van der Waals surface area contributed by atoms with E-state index in [1.54, 1.807) is 0 Å². The lowest BCUT2D eigenvalue weighted by molar-refractivity contribution is 0.00491. The maximum atomic E-state index is 10.4. The molecule has 0 spiro atoms. The van der Waals surface area contributed by atoms with Crippen LogP contribution in [0.5, 0.6) is 0 Å². The highest BCUT2D eigenvalue weighted by Gasteiger charge is 2.39. The van der Waals surface area contributed by atoms with Gasteiger partial charge in [0.15, 0.2) is 0 Å². The topological polar surface area (TPSA) is 23.5 Å². The second kappa shape index (κ2) is 4.43. The largest absolute Gasteiger partial charge is 0.390 e. The summed E-state index contributed by atoms with van der Waals surface area (Å²) < 4.78 is 0. The molecule has 1 aromatic carbocycles. The van der Waals surface area contributed by atoms with E-state index in [0.717, 1.165) is 32.4 Å². The average Bonchev–Trinajstić information content (AvgIpc) is 2.60. The van der Waals surface area contributed by atoms with Crippen molar-refractivity contribution < 1.29 is 5.11 Å². The van der Waals surface area contributed by atoms with E-state index in [1.165, 1.54) is 18.4 Å². The van der Waals surface area contributed by atoms with Gasteiger partial charge in [-0.05, 0) is 37.7 Å². The van der Waals surface area contributed by atoms with E-state index >= 15 is 0 Å². The zero-order valence-electron chi connectivity index (χ0n) is 10.3. The number of aliphatic hydroxyl groups is 1. The van der Waals surface area contributed by atoms with Gasteiger partial charge < -0.3 is 5.11 Å². The maximum absolute atomic E-state index is 10.4. The zero-order chi connectivity index (χ0) is 11.7. The van der Waals surface area contributed by atoms with Crippen LogP contribution in [0.25, 0.3) is 0 Å². The lowest BCUT2D eigenvalue weighted by Crippen LogP contribution is -2.36. The number of benzene rings is 1. The number of nitrogens with zero attached hydrogens (tertiary/aromatic N) is 1. The Balaban J connectivity index is 1.72. The zero-order valence-corrected chi connectivity index (χ0v) is 10.3. The highest BCUT2D eigenvalue weighted by Crippen LogP contribution is 2.37. The van der Waals surface area contributed by atoms with E-state index in [-0.39, 0.29) is 5.60 Å². The first-order valence-electron chi connectivity index (χ1n) is 6.76. The lowest BCUT2D eigenvalue weighted by Gasteiger charge is -2.33. The van der Waals surface area contributed by atoms with Crippen LogP contribution in [0.15, 0.2) is 30.3 Å². The van der Waals surface area contributed by atoms with Gasteiger partial charge in [-0.25, -0.2) is 0 Å². The molecule has 2 heterocycles. The highest BCUT2D eigenvalue weighted by atomic mass is 16.3. The summed E-state index contributed by atoms with van der Waals surface area (Å²) in [5.41, 5.74) is 1.05.